The predicted molar refractivity (Wildman–Crippen MR) is 78.5 cm³/mol. The van der Waals surface area contributed by atoms with E-state index in [1.165, 1.54) is 7.11 Å². The summed E-state index contributed by atoms with van der Waals surface area (Å²) in [6.07, 6.45) is 0. The first-order chi connectivity index (χ1) is 8.71. The number of carbonyl (C=O) groups excluding carboxylic acids is 1. The van der Waals surface area contributed by atoms with Crippen LogP contribution in [0.25, 0.3) is 0 Å². The smallest absolute Gasteiger partial charge is 0.313 e. The normalized spacial score (nSPS) is 13.0. The van der Waals surface area contributed by atoms with Crippen molar-refractivity contribution >= 4 is 23.3 Å². The molecule has 0 aromatic heterocycles. The fraction of sp³-hybridized carbons (Fsp3) is 0.500. The Balaban J connectivity index is 3.13. The van der Waals surface area contributed by atoms with E-state index in [2.05, 4.69) is 0 Å². The molecule has 4 nitrogen and oxygen atoms in total. The minimum atomic E-state index is -0.835. The summed E-state index contributed by atoms with van der Waals surface area (Å²) >= 11 is 6.26. The summed E-state index contributed by atoms with van der Waals surface area (Å²) in [7, 11) is 5.22. The quantitative estimate of drug-likeness (QED) is 0.864. The van der Waals surface area contributed by atoms with Gasteiger partial charge in [-0.25, -0.2) is 0 Å². The second-order valence-electron chi connectivity index (χ2n) is 5.29. The first-order valence-corrected chi connectivity index (χ1v) is 6.40. The van der Waals surface area contributed by atoms with Gasteiger partial charge in [0.1, 0.15) is 0 Å². The van der Waals surface area contributed by atoms with Crippen LogP contribution in [0.3, 0.4) is 0 Å². The van der Waals surface area contributed by atoms with E-state index in [0.717, 1.165) is 11.3 Å². The molecule has 1 aromatic carbocycles. The number of esters is 1. The fourth-order valence-electron chi connectivity index (χ4n) is 1.83. The molecule has 0 saturated heterocycles. The van der Waals surface area contributed by atoms with Crippen LogP contribution in [-0.4, -0.2) is 27.2 Å². The standard InChI is InChI=1S/C14H21ClN2O2/c1-14(2,13(18)19-5)12(16)10-7-6-9(17(3)4)8-11(10)15/h6-8,12H,16H2,1-5H3/t12-/m0/s1. The Hall–Kier alpha value is -1.26. The Bertz CT molecular complexity index is 473. The van der Waals surface area contributed by atoms with E-state index in [1.54, 1.807) is 13.8 Å². The van der Waals surface area contributed by atoms with Crippen LogP contribution < -0.4 is 10.6 Å². The largest absolute Gasteiger partial charge is 0.469 e. The molecular weight excluding hydrogens is 264 g/mol. The molecule has 0 heterocycles. The molecule has 106 valence electrons. The lowest BCUT2D eigenvalue weighted by molar-refractivity contribution is -0.152. The summed E-state index contributed by atoms with van der Waals surface area (Å²) < 4.78 is 4.79. The van der Waals surface area contributed by atoms with Gasteiger partial charge in [0.2, 0.25) is 0 Å². The van der Waals surface area contributed by atoms with Gasteiger partial charge in [-0.15, -0.1) is 0 Å². The van der Waals surface area contributed by atoms with Crippen molar-refractivity contribution in [1.29, 1.82) is 0 Å². The van der Waals surface area contributed by atoms with Gasteiger partial charge < -0.3 is 15.4 Å². The topological polar surface area (TPSA) is 55.6 Å². The maximum atomic E-state index is 11.8. The summed E-state index contributed by atoms with van der Waals surface area (Å²) in [5.41, 5.74) is 7.06. The summed E-state index contributed by atoms with van der Waals surface area (Å²) in [5.74, 6) is -0.354. The maximum Gasteiger partial charge on any atom is 0.313 e. The maximum absolute atomic E-state index is 11.8. The molecule has 0 amide bonds. The van der Waals surface area contributed by atoms with Gasteiger partial charge in [0.15, 0.2) is 0 Å². The molecular formula is C14H21ClN2O2. The highest BCUT2D eigenvalue weighted by molar-refractivity contribution is 6.31. The minimum absolute atomic E-state index is 0.354. The second kappa shape index (κ2) is 5.80. The molecule has 0 spiro atoms. The van der Waals surface area contributed by atoms with Crippen LogP contribution in [0.5, 0.6) is 0 Å². The number of anilines is 1. The van der Waals surface area contributed by atoms with Crippen molar-refractivity contribution in [2.45, 2.75) is 19.9 Å². The van der Waals surface area contributed by atoms with Crippen molar-refractivity contribution in [3.05, 3.63) is 28.8 Å². The second-order valence-corrected chi connectivity index (χ2v) is 5.70. The van der Waals surface area contributed by atoms with Crippen LogP contribution in [0.1, 0.15) is 25.5 Å². The molecule has 0 aliphatic heterocycles. The lowest BCUT2D eigenvalue weighted by Crippen LogP contribution is -2.37. The number of rotatable bonds is 4. The highest BCUT2D eigenvalue weighted by Crippen LogP contribution is 2.37. The molecule has 0 unspecified atom stereocenters. The molecule has 0 fully saturated rings. The molecule has 1 rings (SSSR count). The highest BCUT2D eigenvalue weighted by Gasteiger charge is 2.37. The van der Waals surface area contributed by atoms with Crippen LogP contribution in [0.2, 0.25) is 5.02 Å². The van der Waals surface area contributed by atoms with E-state index < -0.39 is 11.5 Å². The number of halogens is 1. The first-order valence-electron chi connectivity index (χ1n) is 6.02. The Morgan fingerprint density at radius 2 is 2.00 bits per heavy atom. The number of nitrogens with two attached hydrogens (primary N) is 1. The molecule has 5 heteroatoms. The predicted octanol–water partition coefficient (Wildman–Crippen LogP) is 2.61. The number of nitrogens with zero attached hydrogens (tertiary/aromatic N) is 1. The molecule has 1 atom stereocenters. The van der Waals surface area contributed by atoms with E-state index in [-0.39, 0.29) is 5.97 Å². The molecule has 0 radical (unpaired) electrons. The first kappa shape index (κ1) is 15.8. The fourth-order valence-corrected chi connectivity index (χ4v) is 2.12. The van der Waals surface area contributed by atoms with Gasteiger partial charge in [-0.2, -0.15) is 0 Å². The number of carbonyl (C=O) groups is 1. The molecule has 2 N–H and O–H groups in total. The summed E-state index contributed by atoms with van der Waals surface area (Å²) in [5, 5.41) is 0.552. The van der Waals surface area contributed by atoms with E-state index in [4.69, 9.17) is 22.1 Å². The zero-order valence-electron chi connectivity index (χ0n) is 12.0. The van der Waals surface area contributed by atoms with Crippen LogP contribution in [0, 0.1) is 5.41 Å². The van der Waals surface area contributed by atoms with Crippen LogP contribution in [0.15, 0.2) is 18.2 Å². The average molecular weight is 285 g/mol. The van der Waals surface area contributed by atoms with Crippen LogP contribution >= 0.6 is 11.6 Å². The van der Waals surface area contributed by atoms with Gasteiger partial charge in [-0.3, -0.25) is 4.79 Å². The van der Waals surface area contributed by atoms with Gasteiger partial charge in [0.05, 0.1) is 12.5 Å². The van der Waals surface area contributed by atoms with Crippen molar-refractivity contribution in [2.24, 2.45) is 11.1 Å². The molecule has 0 saturated carbocycles. The summed E-state index contributed by atoms with van der Waals surface area (Å²) in [4.78, 5) is 13.7. The third-order valence-electron chi connectivity index (χ3n) is 3.32. The molecule has 0 bridgehead atoms. The average Bonchev–Trinajstić information content (AvgIpc) is 2.36. The Morgan fingerprint density at radius 1 is 1.42 bits per heavy atom. The Labute approximate surface area is 119 Å². The lowest BCUT2D eigenvalue weighted by Gasteiger charge is -2.29. The van der Waals surface area contributed by atoms with Crippen molar-refractivity contribution in [1.82, 2.24) is 0 Å². The van der Waals surface area contributed by atoms with E-state index >= 15 is 0 Å². The van der Waals surface area contributed by atoms with Gasteiger partial charge in [-0.05, 0) is 31.5 Å². The van der Waals surface area contributed by atoms with Gasteiger partial charge in [0, 0.05) is 30.8 Å². The molecule has 1 aromatic rings. The summed E-state index contributed by atoms with van der Waals surface area (Å²) in [6.45, 7) is 3.50. The van der Waals surface area contributed by atoms with Crippen LogP contribution in [0.4, 0.5) is 5.69 Å². The Kier molecular flexibility index (Phi) is 4.82. The molecule has 0 aliphatic carbocycles. The van der Waals surface area contributed by atoms with Crippen LogP contribution in [-0.2, 0) is 9.53 Å². The molecule has 19 heavy (non-hydrogen) atoms. The van der Waals surface area contributed by atoms with E-state index in [1.807, 2.05) is 37.2 Å². The van der Waals surface area contributed by atoms with Gasteiger partial charge in [-0.1, -0.05) is 17.7 Å². The minimum Gasteiger partial charge on any atom is -0.469 e. The molecule has 0 aliphatic rings. The van der Waals surface area contributed by atoms with Crippen molar-refractivity contribution in [3.63, 3.8) is 0 Å². The van der Waals surface area contributed by atoms with Gasteiger partial charge >= 0.3 is 5.97 Å². The zero-order chi connectivity index (χ0) is 14.8. The number of hydrogen-bond acceptors (Lipinski definition) is 4. The monoisotopic (exact) mass is 284 g/mol. The number of hydrogen-bond donors (Lipinski definition) is 1. The number of ether oxygens (including phenoxy) is 1. The van der Waals surface area contributed by atoms with Crippen molar-refractivity contribution < 1.29 is 9.53 Å². The SMILES string of the molecule is COC(=O)C(C)(C)[C@@H](N)c1ccc(N(C)C)cc1Cl. The zero-order valence-corrected chi connectivity index (χ0v) is 12.8. The Morgan fingerprint density at radius 3 is 2.42 bits per heavy atom. The van der Waals surface area contributed by atoms with Crippen molar-refractivity contribution in [2.75, 3.05) is 26.1 Å². The third-order valence-corrected chi connectivity index (χ3v) is 3.65. The van der Waals surface area contributed by atoms with E-state index in [9.17, 15) is 4.79 Å². The lowest BCUT2D eigenvalue weighted by atomic mass is 9.81. The van der Waals surface area contributed by atoms with Gasteiger partial charge in [0.25, 0.3) is 0 Å². The van der Waals surface area contributed by atoms with Crippen molar-refractivity contribution in [3.8, 4) is 0 Å². The number of methoxy groups -OCH3 is 1. The highest BCUT2D eigenvalue weighted by atomic mass is 35.5. The summed E-state index contributed by atoms with van der Waals surface area (Å²) in [6, 6.07) is 5.09. The van der Waals surface area contributed by atoms with E-state index in [0.29, 0.717) is 5.02 Å². The number of benzene rings is 1. The third kappa shape index (κ3) is 3.19.